The molecule has 0 bridgehead atoms. The summed E-state index contributed by atoms with van der Waals surface area (Å²) in [6.45, 7) is -0.0465. The molecule has 6 nitrogen and oxygen atoms in total. The first kappa shape index (κ1) is 13.1. The molecule has 0 spiro atoms. The lowest BCUT2D eigenvalue weighted by Gasteiger charge is -2.14. The number of hydrogen-bond acceptors (Lipinski definition) is 5. The van der Waals surface area contributed by atoms with E-state index in [4.69, 9.17) is 12.2 Å². The molecule has 3 heterocycles. The van der Waals surface area contributed by atoms with Crippen molar-refractivity contribution in [2.75, 3.05) is 17.6 Å². The summed E-state index contributed by atoms with van der Waals surface area (Å²) in [5, 5.41) is 6.82. The van der Waals surface area contributed by atoms with E-state index < -0.39 is 0 Å². The van der Waals surface area contributed by atoms with Crippen molar-refractivity contribution in [3.8, 4) is 0 Å². The Hall–Kier alpha value is -1.93. The average molecular weight is 306 g/mol. The lowest BCUT2D eigenvalue weighted by molar-refractivity contribution is -0.127. The highest BCUT2D eigenvalue weighted by atomic mass is 32.2. The second-order valence-electron chi connectivity index (χ2n) is 4.20. The fourth-order valence-electron chi connectivity index (χ4n) is 1.88. The Balaban J connectivity index is 1.69. The summed E-state index contributed by atoms with van der Waals surface area (Å²) >= 11 is 6.31. The summed E-state index contributed by atoms with van der Waals surface area (Å²) in [6.07, 6.45) is 3.44. The lowest BCUT2D eigenvalue weighted by atomic mass is 10.3. The van der Waals surface area contributed by atoms with E-state index in [1.54, 1.807) is 23.0 Å². The third-order valence-electron chi connectivity index (χ3n) is 2.83. The molecule has 1 N–H and O–H groups in total. The van der Waals surface area contributed by atoms with Gasteiger partial charge >= 0.3 is 0 Å². The van der Waals surface area contributed by atoms with E-state index in [0.29, 0.717) is 15.8 Å². The molecule has 2 amide bonds. The Kier molecular flexibility index (Phi) is 3.41. The van der Waals surface area contributed by atoms with E-state index in [0.717, 1.165) is 5.52 Å². The van der Waals surface area contributed by atoms with E-state index in [-0.39, 0.29) is 18.4 Å². The van der Waals surface area contributed by atoms with Gasteiger partial charge in [0.1, 0.15) is 10.9 Å². The van der Waals surface area contributed by atoms with E-state index in [1.807, 2.05) is 12.1 Å². The number of thiocarbonyl (C=S) groups is 1. The van der Waals surface area contributed by atoms with Crippen LogP contribution in [-0.2, 0) is 9.59 Å². The SMILES string of the molecule is O=C(CN1C(=O)CSC1=S)Nc1ccn2nccc2c1. The molecule has 8 heteroatoms. The van der Waals surface area contributed by atoms with Crippen molar-refractivity contribution in [2.45, 2.75) is 0 Å². The molecule has 20 heavy (non-hydrogen) atoms. The Morgan fingerprint density at radius 2 is 2.35 bits per heavy atom. The number of carbonyl (C=O) groups excluding carboxylic acids is 2. The van der Waals surface area contributed by atoms with Crippen molar-refractivity contribution in [2.24, 2.45) is 0 Å². The third kappa shape index (κ3) is 2.52. The Morgan fingerprint density at radius 1 is 1.50 bits per heavy atom. The van der Waals surface area contributed by atoms with Gasteiger partial charge in [-0.2, -0.15) is 5.10 Å². The summed E-state index contributed by atoms with van der Waals surface area (Å²) in [6, 6.07) is 5.39. The van der Waals surface area contributed by atoms with Gasteiger partial charge in [0.2, 0.25) is 11.8 Å². The molecular weight excluding hydrogens is 296 g/mol. The van der Waals surface area contributed by atoms with Crippen LogP contribution in [0, 0.1) is 0 Å². The number of carbonyl (C=O) groups is 2. The van der Waals surface area contributed by atoms with Gasteiger partial charge < -0.3 is 5.32 Å². The van der Waals surface area contributed by atoms with Crippen molar-refractivity contribution < 1.29 is 9.59 Å². The van der Waals surface area contributed by atoms with Gasteiger partial charge in [-0.1, -0.05) is 24.0 Å². The Morgan fingerprint density at radius 3 is 3.10 bits per heavy atom. The van der Waals surface area contributed by atoms with Crippen LogP contribution in [0.25, 0.3) is 5.52 Å². The van der Waals surface area contributed by atoms with Gasteiger partial charge in [-0.15, -0.1) is 0 Å². The van der Waals surface area contributed by atoms with Crippen LogP contribution in [0.15, 0.2) is 30.6 Å². The summed E-state index contributed by atoms with van der Waals surface area (Å²) < 4.78 is 2.15. The van der Waals surface area contributed by atoms with Crippen LogP contribution in [0.1, 0.15) is 0 Å². The molecule has 2 aromatic heterocycles. The molecular formula is C12H10N4O2S2. The second kappa shape index (κ2) is 5.22. The Labute approximate surface area is 124 Å². The van der Waals surface area contributed by atoms with Crippen LogP contribution in [0.4, 0.5) is 5.69 Å². The quantitative estimate of drug-likeness (QED) is 0.861. The lowest BCUT2D eigenvalue weighted by Crippen LogP contribution is -2.36. The number of anilines is 1. The van der Waals surface area contributed by atoms with Gasteiger partial charge in [0.15, 0.2) is 0 Å². The van der Waals surface area contributed by atoms with Crippen LogP contribution in [-0.4, -0.2) is 42.9 Å². The topological polar surface area (TPSA) is 66.7 Å². The fraction of sp³-hybridized carbons (Fsp3) is 0.167. The van der Waals surface area contributed by atoms with Crippen LogP contribution in [0.3, 0.4) is 0 Å². The van der Waals surface area contributed by atoms with Crippen LogP contribution in [0.2, 0.25) is 0 Å². The first-order chi connectivity index (χ1) is 9.63. The van der Waals surface area contributed by atoms with Gasteiger partial charge in [-0.05, 0) is 18.2 Å². The van der Waals surface area contributed by atoms with Crippen molar-refractivity contribution in [3.63, 3.8) is 0 Å². The van der Waals surface area contributed by atoms with Gasteiger partial charge in [0, 0.05) is 18.1 Å². The number of thioether (sulfide) groups is 1. The molecule has 0 radical (unpaired) electrons. The maximum absolute atomic E-state index is 11.9. The minimum absolute atomic E-state index is 0.0465. The molecule has 1 fully saturated rings. The van der Waals surface area contributed by atoms with Crippen LogP contribution < -0.4 is 5.32 Å². The normalized spacial score (nSPS) is 15.1. The van der Waals surface area contributed by atoms with Crippen molar-refractivity contribution in [1.29, 1.82) is 0 Å². The molecule has 0 aromatic carbocycles. The van der Waals surface area contributed by atoms with Crippen LogP contribution in [0.5, 0.6) is 0 Å². The average Bonchev–Trinajstić information content (AvgIpc) is 3.00. The predicted octanol–water partition coefficient (Wildman–Crippen LogP) is 1.13. The maximum atomic E-state index is 11.9. The van der Waals surface area contributed by atoms with E-state index in [2.05, 4.69) is 10.4 Å². The number of nitrogens with zero attached hydrogens (tertiary/aromatic N) is 3. The molecule has 1 aliphatic heterocycles. The molecule has 1 saturated heterocycles. The molecule has 1 aliphatic rings. The number of amides is 2. The zero-order chi connectivity index (χ0) is 14.1. The number of fused-ring (bicyclic) bond motifs is 1. The monoisotopic (exact) mass is 306 g/mol. The maximum Gasteiger partial charge on any atom is 0.244 e. The van der Waals surface area contributed by atoms with Gasteiger partial charge in [0.25, 0.3) is 0 Å². The first-order valence-electron chi connectivity index (χ1n) is 5.84. The van der Waals surface area contributed by atoms with Crippen molar-refractivity contribution >= 4 is 51.3 Å². The highest BCUT2D eigenvalue weighted by Crippen LogP contribution is 2.19. The largest absolute Gasteiger partial charge is 0.324 e. The number of hydrogen-bond donors (Lipinski definition) is 1. The molecule has 0 atom stereocenters. The molecule has 102 valence electrons. The summed E-state index contributed by atoms with van der Waals surface area (Å²) in [4.78, 5) is 24.8. The van der Waals surface area contributed by atoms with E-state index in [9.17, 15) is 9.59 Å². The summed E-state index contributed by atoms with van der Waals surface area (Å²) in [7, 11) is 0. The zero-order valence-corrected chi connectivity index (χ0v) is 11.9. The number of rotatable bonds is 3. The molecule has 0 unspecified atom stereocenters. The second-order valence-corrected chi connectivity index (χ2v) is 5.81. The fourth-order valence-corrected chi connectivity index (χ4v) is 2.95. The van der Waals surface area contributed by atoms with E-state index >= 15 is 0 Å². The highest BCUT2D eigenvalue weighted by Gasteiger charge is 2.28. The number of nitrogens with one attached hydrogen (secondary N) is 1. The van der Waals surface area contributed by atoms with Crippen molar-refractivity contribution in [3.05, 3.63) is 30.6 Å². The minimum atomic E-state index is -0.271. The third-order valence-corrected chi connectivity index (χ3v) is 4.26. The molecule has 0 saturated carbocycles. The van der Waals surface area contributed by atoms with Crippen LogP contribution >= 0.6 is 24.0 Å². The van der Waals surface area contributed by atoms with E-state index in [1.165, 1.54) is 16.7 Å². The highest BCUT2D eigenvalue weighted by molar-refractivity contribution is 8.23. The predicted molar refractivity (Wildman–Crippen MR) is 80.6 cm³/mol. The first-order valence-corrected chi connectivity index (χ1v) is 7.23. The zero-order valence-electron chi connectivity index (χ0n) is 10.3. The van der Waals surface area contributed by atoms with Gasteiger partial charge in [-0.25, -0.2) is 4.52 Å². The number of pyridine rings is 1. The van der Waals surface area contributed by atoms with Gasteiger partial charge in [0.05, 0.1) is 11.3 Å². The van der Waals surface area contributed by atoms with Crippen molar-refractivity contribution in [1.82, 2.24) is 14.5 Å². The molecule has 2 aromatic rings. The Bertz CT molecular complexity index is 696. The molecule has 0 aliphatic carbocycles. The minimum Gasteiger partial charge on any atom is -0.324 e. The standard InChI is InChI=1S/C12H10N4O2S2/c17-10(6-15-11(18)7-20-12(15)19)14-8-2-4-16-9(5-8)1-3-13-16/h1-5H,6-7H2,(H,14,17). The number of aromatic nitrogens is 2. The van der Waals surface area contributed by atoms with Gasteiger partial charge in [-0.3, -0.25) is 14.5 Å². The summed E-state index contributed by atoms with van der Waals surface area (Å²) in [5.41, 5.74) is 1.54. The summed E-state index contributed by atoms with van der Waals surface area (Å²) in [5.74, 6) is -0.0816. The smallest absolute Gasteiger partial charge is 0.244 e. The molecule has 3 rings (SSSR count).